The number of carbonyl (C=O) groups excluding carboxylic acids is 1. The van der Waals surface area contributed by atoms with E-state index in [1.807, 2.05) is 38.9 Å². The van der Waals surface area contributed by atoms with E-state index < -0.39 is 0 Å². The van der Waals surface area contributed by atoms with Gasteiger partial charge in [0.2, 0.25) is 0 Å². The summed E-state index contributed by atoms with van der Waals surface area (Å²) in [7, 11) is 3.95. The number of anilines is 1. The number of carbonyl (C=O) groups is 1. The third-order valence-electron chi connectivity index (χ3n) is 4.41. The molecule has 3 rings (SSSR count). The van der Waals surface area contributed by atoms with Crippen LogP contribution in [0.15, 0.2) is 6.07 Å². The molecule has 0 spiro atoms. The van der Waals surface area contributed by atoms with Crippen LogP contribution in [0.1, 0.15) is 31.3 Å². The lowest BCUT2D eigenvalue weighted by Crippen LogP contribution is -2.39. The van der Waals surface area contributed by atoms with E-state index in [0.717, 1.165) is 36.7 Å². The van der Waals surface area contributed by atoms with Crippen LogP contribution >= 0.6 is 0 Å². The van der Waals surface area contributed by atoms with Gasteiger partial charge in [-0.05, 0) is 33.2 Å². The minimum absolute atomic E-state index is 0.0524. The second kappa shape index (κ2) is 7.35. The Morgan fingerprint density at radius 1 is 1.40 bits per heavy atom. The minimum atomic E-state index is -0.0950. The molecule has 1 aliphatic heterocycles. The molecule has 0 aromatic carbocycles. The van der Waals surface area contributed by atoms with Crippen molar-refractivity contribution in [1.29, 1.82) is 0 Å². The van der Waals surface area contributed by atoms with Crippen molar-refractivity contribution >= 4 is 17.6 Å². The van der Waals surface area contributed by atoms with Crippen molar-refractivity contribution in [2.75, 3.05) is 38.7 Å². The van der Waals surface area contributed by atoms with Crippen LogP contribution in [0, 0.1) is 12.8 Å². The second-order valence-corrected chi connectivity index (χ2v) is 6.72. The monoisotopic (exact) mass is 346 g/mol. The van der Waals surface area contributed by atoms with E-state index in [4.69, 9.17) is 4.74 Å². The molecule has 8 nitrogen and oxygen atoms in total. The van der Waals surface area contributed by atoms with Gasteiger partial charge in [-0.3, -0.25) is 9.69 Å². The Morgan fingerprint density at radius 2 is 2.20 bits per heavy atom. The molecule has 136 valence electrons. The van der Waals surface area contributed by atoms with Crippen LogP contribution < -0.4 is 4.90 Å². The second-order valence-electron chi connectivity index (χ2n) is 6.72. The van der Waals surface area contributed by atoms with Crippen LogP contribution in [0.3, 0.4) is 0 Å². The van der Waals surface area contributed by atoms with Crippen molar-refractivity contribution in [2.24, 2.45) is 5.92 Å². The van der Waals surface area contributed by atoms with Gasteiger partial charge in [0, 0.05) is 32.4 Å². The van der Waals surface area contributed by atoms with Gasteiger partial charge in [0.15, 0.2) is 5.82 Å². The van der Waals surface area contributed by atoms with Gasteiger partial charge in [0.05, 0.1) is 19.1 Å². The highest BCUT2D eigenvalue weighted by molar-refractivity contribution is 5.72. The van der Waals surface area contributed by atoms with E-state index in [9.17, 15) is 4.79 Å². The highest BCUT2D eigenvalue weighted by Gasteiger charge is 2.27. The van der Waals surface area contributed by atoms with Crippen LogP contribution in [-0.4, -0.2) is 64.2 Å². The van der Waals surface area contributed by atoms with Crippen molar-refractivity contribution in [3.05, 3.63) is 17.6 Å². The summed E-state index contributed by atoms with van der Waals surface area (Å²) >= 11 is 0. The largest absolute Gasteiger partial charge is 0.466 e. The van der Waals surface area contributed by atoms with Crippen LogP contribution in [0.5, 0.6) is 0 Å². The maximum atomic E-state index is 12.0. The van der Waals surface area contributed by atoms with Crippen LogP contribution in [0.2, 0.25) is 0 Å². The summed E-state index contributed by atoms with van der Waals surface area (Å²) in [5.74, 6) is 2.14. The van der Waals surface area contributed by atoms with Gasteiger partial charge in [-0.25, -0.2) is 4.98 Å². The Balaban J connectivity index is 1.76. The number of nitrogens with zero attached hydrogens (tertiary/aromatic N) is 6. The zero-order valence-corrected chi connectivity index (χ0v) is 15.4. The molecule has 2 aromatic heterocycles. The van der Waals surface area contributed by atoms with Gasteiger partial charge < -0.3 is 9.64 Å². The lowest BCUT2D eigenvalue weighted by Gasteiger charge is -2.30. The first-order chi connectivity index (χ1) is 12.0. The molecule has 0 N–H and O–H groups in total. The molecule has 0 radical (unpaired) electrons. The van der Waals surface area contributed by atoms with E-state index in [1.165, 1.54) is 0 Å². The van der Waals surface area contributed by atoms with Crippen molar-refractivity contribution in [1.82, 2.24) is 24.5 Å². The summed E-state index contributed by atoms with van der Waals surface area (Å²) in [5, 5.41) is 4.62. The molecule has 1 saturated heterocycles. The number of piperidine rings is 1. The number of hydrogen-bond acceptors (Lipinski definition) is 7. The Bertz CT molecular complexity index is 757. The normalized spacial score (nSPS) is 18.5. The Hall–Kier alpha value is -2.22. The summed E-state index contributed by atoms with van der Waals surface area (Å²) in [5.41, 5.74) is 0.912. The van der Waals surface area contributed by atoms with Crippen molar-refractivity contribution in [3.8, 4) is 0 Å². The molecule has 0 aliphatic carbocycles. The number of aromatic nitrogens is 4. The Kier molecular flexibility index (Phi) is 5.17. The highest BCUT2D eigenvalue weighted by atomic mass is 16.5. The summed E-state index contributed by atoms with van der Waals surface area (Å²) < 4.78 is 6.94. The molecule has 3 heterocycles. The smallest absolute Gasteiger partial charge is 0.310 e. The Labute approximate surface area is 147 Å². The first-order valence-electron chi connectivity index (χ1n) is 8.77. The number of esters is 1. The topological polar surface area (TPSA) is 75.9 Å². The molecular weight excluding hydrogens is 320 g/mol. The fourth-order valence-electron chi connectivity index (χ4n) is 3.25. The standard InChI is InChI=1S/C17H26N6O2/c1-5-25-16(24)13-7-6-8-22(10-13)11-14-19-17-18-12(2)9-15(21(3)4)23(17)20-14/h9,13H,5-8,10-11H2,1-4H3/t13-/m1/s1. The molecule has 8 heteroatoms. The number of rotatable bonds is 5. The molecule has 1 aliphatic rings. The molecule has 0 saturated carbocycles. The number of fused-ring (bicyclic) bond motifs is 1. The molecule has 0 unspecified atom stereocenters. The van der Waals surface area contributed by atoms with Gasteiger partial charge in [0.1, 0.15) is 5.82 Å². The Morgan fingerprint density at radius 3 is 2.92 bits per heavy atom. The van der Waals surface area contributed by atoms with Gasteiger partial charge in [-0.15, -0.1) is 5.10 Å². The average Bonchev–Trinajstić information content (AvgIpc) is 2.96. The zero-order chi connectivity index (χ0) is 18.0. The molecule has 1 atom stereocenters. The van der Waals surface area contributed by atoms with E-state index in [-0.39, 0.29) is 11.9 Å². The van der Waals surface area contributed by atoms with E-state index in [1.54, 1.807) is 4.52 Å². The first kappa shape index (κ1) is 17.6. The van der Waals surface area contributed by atoms with E-state index >= 15 is 0 Å². The van der Waals surface area contributed by atoms with Gasteiger partial charge >= 0.3 is 5.97 Å². The zero-order valence-electron chi connectivity index (χ0n) is 15.4. The number of ether oxygens (including phenoxy) is 1. The maximum absolute atomic E-state index is 12.0. The van der Waals surface area contributed by atoms with Crippen LogP contribution in [0.4, 0.5) is 5.82 Å². The molecule has 25 heavy (non-hydrogen) atoms. The van der Waals surface area contributed by atoms with Crippen LogP contribution in [0.25, 0.3) is 5.78 Å². The SMILES string of the molecule is CCOC(=O)[C@@H]1CCCN(Cc2nc3nc(C)cc(N(C)C)n3n2)C1. The molecular formula is C17H26N6O2. The van der Waals surface area contributed by atoms with Crippen molar-refractivity contribution in [3.63, 3.8) is 0 Å². The predicted molar refractivity (Wildman–Crippen MR) is 94.5 cm³/mol. The van der Waals surface area contributed by atoms with Crippen LogP contribution in [-0.2, 0) is 16.1 Å². The summed E-state index contributed by atoms with van der Waals surface area (Å²) in [6.45, 7) is 6.49. The minimum Gasteiger partial charge on any atom is -0.466 e. The fraction of sp³-hybridized carbons (Fsp3) is 0.647. The van der Waals surface area contributed by atoms with Gasteiger partial charge in [0.25, 0.3) is 5.78 Å². The molecule has 0 amide bonds. The molecule has 2 aromatic rings. The lowest BCUT2D eigenvalue weighted by molar-refractivity contribution is -0.150. The summed E-state index contributed by atoms with van der Waals surface area (Å²) in [4.78, 5) is 25.3. The van der Waals surface area contributed by atoms with E-state index in [0.29, 0.717) is 25.5 Å². The maximum Gasteiger partial charge on any atom is 0.310 e. The van der Waals surface area contributed by atoms with Gasteiger partial charge in [-0.2, -0.15) is 9.50 Å². The first-order valence-corrected chi connectivity index (χ1v) is 8.77. The van der Waals surface area contributed by atoms with Crippen molar-refractivity contribution < 1.29 is 9.53 Å². The summed E-state index contributed by atoms with van der Waals surface area (Å²) in [6.07, 6.45) is 1.87. The molecule has 0 bridgehead atoms. The van der Waals surface area contributed by atoms with Crippen molar-refractivity contribution in [2.45, 2.75) is 33.2 Å². The van der Waals surface area contributed by atoms with E-state index in [2.05, 4.69) is 20.0 Å². The number of likely N-dealkylation sites (tertiary alicyclic amines) is 1. The number of aryl methyl sites for hydroxylation is 1. The van der Waals surface area contributed by atoms with Gasteiger partial charge in [-0.1, -0.05) is 0 Å². The fourth-order valence-corrected chi connectivity index (χ4v) is 3.25. The third kappa shape index (κ3) is 3.89. The third-order valence-corrected chi connectivity index (χ3v) is 4.41. The highest BCUT2D eigenvalue weighted by Crippen LogP contribution is 2.20. The summed E-state index contributed by atoms with van der Waals surface area (Å²) in [6, 6.07) is 1.99. The lowest BCUT2D eigenvalue weighted by atomic mass is 9.98. The number of hydrogen-bond donors (Lipinski definition) is 0. The average molecular weight is 346 g/mol. The predicted octanol–water partition coefficient (Wildman–Crippen LogP) is 1.27. The molecule has 1 fully saturated rings. The quantitative estimate of drug-likeness (QED) is 0.755.